The van der Waals surface area contributed by atoms with Crippen molar-refractivity contribution in [3.05, 3.63) is 78.1 Å². The highest BCUT2D eigenvalue weighted by Gasteiger charge is 2.09. The Morgan fingerprint density at radius 1 is 1.00 bits per heavy atom. The fourth-order valence-corrected chi connectivity index (χ4v) is 2.82. The molecule has 0 aliphatic heterocycles. The molecule has 1 aromatic heterocycles. The van der Waals surface area contributed by atoms with Gasteiger partial charge in [-0.1, -0.05) is 12.1 Å². The van der Waals surface area contributed by atoms with Crippen LogP contribution in [0.3, 0.4) is 0 Å². The summed E-state index contributed by atoms with van der Waals surface area (Å²) in [5, 5.41) is 11.8. The number of amides is 1. The highest BCUT2D eigenvalue weighted by atomic mass is 19.1. The third kappa shape index (κ3) is 3.83. The second-order valence-corrected chi connectivity index (χ2v) is 6.24. The second-order valence-electron chi connectivity index (χ2n) is 6.24. The SMILES string of the molecule is COc1ccc(-n2nc3ccc(NC(=O)Cc4ccc(F)cc4)cc3n2)cc1. The van der Waals surface area contributed by atoms with Crippen molar-refractivity contribution in [2.75, 3.05) is 12.4 Å². The zero-order valence-corrected chi connectivity index (χ0v) is 15.1. The van der Waals surface area contributed by atoms with E-state index in [1.807, 2.05) is 24.3 Å². The summed E-state index contributed by atoms with van der Waals surface area (Å²) in [6.45, 7) is 0. The number of carbonyl (C=O) groups is 1. The second kappa shape index (κ2) is 7.48. The standard InChI is InChI=1S/C21H17FN4O2/c1-28-18-9-7-17(8-10-18)26-24-19-11-6-16(13-20(19)25-26)23-21(27)12-14-2-4-15(22)5-3-14/h2-11,13H,12H2,1H3,(H,23,27). The van der Waals surface area contributed by atoms with Gasteiger partial charge in [0.25, 0.3) is 0 Å². The Balaban J connectivity index is 1.50. The van der Waals surface area contributed by atoms with Gasteiger partial charge in [-0.2, -0.15) is 4.80 Å². The molecule has 0 saturated carbocycles. The van der Waals surface area contributed by atoms with E-state index in [1.54, 1.807) is 37.4 Å². The lowest BCUT2D eigenvalue weighted by atomic mass is 10.1. The van der Waals surface area contributed by atoms with E-state index >= 15 is 0 Å². The van der Waals surface area contributed by atoms with E-state index < -0.39 is 0 Å². The van der Waals surface area contributed by atoms with Crippen molar-refractivity contribution in [3.8, 4) is 11.4 Å². The quantitative estimate of drug-likeness (QED) is 0.576. The number of aromatic nitrogens is 3. The number of benzene rings is 3. The molecule has 0 spiro atoms. The molecule has 4 aromatic rings. The molecule has 0 unspecified atom stereocenters. The van der Waals surface area contributed by atoms with E-state index in [1.165, 1.54) is 16.9 Å². The summed E-state index contributed by atoms with van der Waals surface area (Å²) in [5.74, 6) is 0.245. The largest absolute Gasteiger partial charge is 0.497 e. The number of halogens is 1. The van der Waals surface area contributed by atoms with Crippen LogP contribution < -0.4 is 10.1 Å². The fourth-order valence-electron chi connectivity index (χ4n) is 2.82. The summed E-state index contributed by atoms with van der Waals surface area (Å²) in [4.78, 5) is 13.8. The average molecular weight is 376 g/mol. The Hall–Kier alpha value is -3.74. The first kappa shape index (κ1) is 17.7. The number of nitrogens with one attached hydrogen (secondary N) is 1. The summed E-state index contributed by atoms with van der Waals surface area (Å²) in [7, 11) is 1.61. The number of rotatable bonds is 5. The van der Waals surface area contributed by atoms with Crippen molar-refractivity contribution in [3.63, 3.8) is 0 Å². The minimum Gasteiger partial charge on any atom is -0.497 e. The van der Waals surface area contributed by atoms with Crippen molar-refractivity contribution in [1.29, 1.82) is 0 Å². The molecule has 1 amide bonds. The molecule has 0 aliphatic carbocycles. The predicted molar refractivity (Wildman–Crippen MR) is 104 cm³/mol. The lowest BCUT2D eigenvalue weighted by Gasteiger charge is -2.05. The number of ether oxygens (including phenoxy) is 1. The molecule has 0 saturated heterocycles. The molecular weight excluding hydrogens is 359 g/mol. The van der Waals surface area contributed by atoms with Crippen LogP contribution in [0.15, 0.2) is 66.7 Å². The van der Waals surface area contributed by atoms with Crippen LogP contribution in [0.1, 0.15) is 5.56 Å². The van der Waals surface area contributed by atoms with Crippen LogP contribution in [-0.4, -0.2) is 28.0 Å². The molecule has 0 radical (unpaired) electrons. The van der Waals surface area contributed by atoms with E-state index in [-0.39, 0.29) is 18.1 Å². The summed E-state index contributed by atoms with van der Waals surface area (Å²) >= 11 is 0. The number of anilines is 1. The topological polar surface area (TPSA) is 69.0 Å². The third-order valence-electron chi connectivity index (χ3n) is 4.25. The van der Waals surface area contributed by atoms with Gasteiger partial charge in [-0.3, -0.25) is 4.79 Å². The Morgan fingerprint density at radius 2 is 1.71 bits per heavy atom. The van der Waals surface area contributed by atoms with E-state index in [0.29, 0.717) is 16.7 Å². The fraction of sp³-hybridized carbons (Fsp3) is 0.0952. The van der Waals surface area contributed by atoms with Crippen LogP contribution in [0.5, 0.6) is 5.75 Å². The van der Waals surface area contributed by atoms with E-state index in [4.69, 9.17) is 4.74 Å². The Kier molecular flexibility index (Phi) is 4.72. The number of hydrogen-bond donors (Lipinski definition) is 1. The first-order valence-electron chi connectivity index (χ1n) is 8.66. The maximum absolute atomic E-state index is 13.0. The molecule has 4 rings (SSSR count). The molecule has 7 heteroatoms. The van der Waals surface area contributed by atoms with E-state index in [2.05, 4.69) is 15.5 Å². The first-order chi connectivity index (χ1) is 13.6. The van der Waals surface area contributed by atoms with E-state index in [0.717, 1.165) is 17.0 Å². The van der Waals surface area contributed by atoms with Gasteiger partial charge in [0.15, 0.2) is 0 Å². The molecule has 6 nitrogen and oxygen atoms in total. The van der Waals surface area contributed by atoms with Crippen molar-refractivity contribution < 1.29 is 13.9 Å². The van der Waals surface area contributed by atoms with Crippen molar-refractivity contribution >= 4 is 22.6 Å². The summed E-state index contributed by atoms with van der Waals surface area (Å²) in [5.41, 5.74) is 3.55. The molecule has 0 atom stereocenters. The Labute approximate surface area is 160 Å². The molecule has 1 N–H and O–H groups in total. The molecule has 140 valence electrons. The van der Waals surface area contributed by atoms with Crippen LogP contribution in [0, 0.1) is 5.82 Å². The minimum atomic E-state index is -0.324. The van der Waals surface area contributed by atoms with Crippen LogP contribution in [-0.2, 0) is 11.2 Å². The summed E-state index contributed by atoms with van der Waals surface area (Å²) in [6.07, 6.45) is 0.164. The van der Waals surface area contributed by atoms with Gasteiger partial charge in [0.05, 0.1) is 19.2 Å². The van der Waals surface area contributed by atoms with E-state index in [9.17, 15) is 9.18 Å². The molecule has 28 heavy (non-hydrogen) atoms. The monoisotopic (exact) mass is 376 g/mol. The molecule has 0 aliphatic rings. The van der Waals surface area contributed by atoms with Crippen LogP contribution in [0.4, 0.5) is 10.1 Å². The molecule has 0 bridgehead atoms. The molecular formula is C21H17FN4O2. The maximum Gasteiger partial charge on any atom is 0.228 e. The van der Waals surface area contributed by atoms with Gasteiger partial charge >= 0.3 is 0 Å². The van der Waals surface area contributed by atoms with Crippen molar-refractivity contribution in [1.82, 2.24) is 15.0 Å². The molecule has 3 aromatic carbocycles. The zero-order chi connectivity index (χ0) is 19.5. The van der Waals surface area contributed by atoms with Gasteiger partial charge in [0, 0.05) is 5.69 Å². The third-order valence-corrected chi connectivity index (χ3v) is 4.25. The number of methoxy groups -OCH3 is 1. The summed E-state index contributed by atoms with van der Waals surface area (Å²) in [6, 6.07) is 18.6. The van der Waals surface area contributed by atoms with Crippen molar-refractivity contribution in [2.45, 2.75) is 6.42 Å². The van der Waals surface area contributed by atoms with Crippen LogP contribution in [0.25, 0.3) is 16.7 Å². The predicted octanol–water partition coefficient (Wildman–Crippen LogP) is 3.75. The Bertz CT molecular complexity index is 1120. The van der Waals surface area contributed by atoms with Gasteiger partial charge < -0.3 is 10.1 Å². The van der Waals surface area contributed by atoms with Gasteiger partial charge in [-0.15, -0.1) is 10.2 Å². The maximum atomic E-state index is 13.0. The minimum absolute atomic E-state index is 0.164. The zero-order valence-electron chi connectivity index (χ0n) is 15.1. The number of hydrogen-bond acceptors (Lipinski definition) is 4. The number of carbonyl (C=O) groups excluding carboxylic acids is 1. The number of nitrogens with zero attached hydrogens (tertiary/aromatic N) is 3. The lowest BCUT2D eigenvalue weighted by molar-refractivity contribution is -0.115. The molecule has 0 fully saturated rings. The van der Waals surface area contributed by atoms with Crippen molar-refractivity contribution in [2.24, 2.45) is 0 Å². The number of fused-ring (bicyclic) bond motifs is 1. The lowest BCUT2D eigenvalue weighted by Crippen LogP contribution is -2.14. The Morgan fingerprint density at radius 3 is 2.43 bits per heavy atom. The smallest absolute Gasteiger partial charge is 0.228 e. The van der Waals surface area contributed by atoms with Gasteiger partial charge in [0.2, 0.25) is 5.91 Å². The highest BCUT2D eigenvalue weighted by molar-refractivity contribution is 5.94. The normalized spacial score (nSPS) is 10.8. The van der Waals surface area contributed by atoms with Gasteiger partial charge in [-0.05, 0) is 60.2 Å². The average Bonchev–Trinajstić information content (AvgIpc) is 3.13. The van der Waals surface area contributed by atoms with Gasteiger partial charge in [0.1, 0.15) is 22.6 Å². The summed E-state index contributed by atoms with van der Waals surface area (Å²) < 4.78 is 18.1. The van der Waals surface area contributed by atoms with Crippen LogP contribution >= 0.6 is 0 Å². The first-order valence-corrected chi connectivity index (χ1v) is 8.66. The molecule has 1 heterocycles. The highest BCUT2D eigenvalue weighted by Crippen LogP contribution is 2.19. The van der Waals surface area contributed by atoms with Gasteiger partial charge in [-0.25, -0.2) is 4.39 Å². The van der Waals surface area contributed by atoms with Crippen LogP contribution in [0.2, 0.25) is 0 Å².